The summed E-state index contributed by atoms with van der Waals surface area (Å²) in [6.07, 6.45) is 2.89. The third kappa shape index (κ3) is 7.28. The van der Waals surface area contributed by atoms with E-state index in [1.165, 1.54) is 23.5 Å². The zero-order valence-corrected chi connectivity index (χ0v) is 24.3. The quantitative estimate of drug-likeness (QED) is 0.356. The number of carbonyl (C=O) groups excluding carboxylic acids is 1. The summed E-state index contributed by atoms with van der Waals surface area (Å²) >= 11 is 0. The van der Waals surface area contributed by atoms with Crippen molar-refractivity contribution in [3.63, 3.8) is 0 Å². The van der Waals surface area contributed by atoms with Crippen LogP contribution in [0.15, 0.2) is 82.6 Å². The fraction of sp³-hybridized carbons (Fsp3) is 0.345. The van der Waals surface area contributed by atoms with Crippen molar-refractivity contribution in [2.24, 2.45) is 0 Å². The van der Waals surface area contributed by atoms with E-state index in [2.05, 4.69) is 10.0 Å². The SMILES string of the molecule is COc1ccc(S(=O)(=O)NC(Cc2ccccc2)C(=O)NCc2ccc(S(=O)(=O)N3CCCCC3)cc2)cc1C. The smallest absolute Gasteiger partial charge is 0.243 e. The summed E-state index contributed by atoms with van der Waals surface area (Å²) in [4.78, 5) is 13.5. The zero-order valence-electron chi connectivity index (χ0n) is 22.7. The minimum Gasteiger partial charge on any atom is -0.496 e. The summed E-state index contributed by atoms with van der Waals surface area (Å²) in [5, 5.41) is 2.80. The van der Waals surface area contributed by atoms with Crippen LogP contribution in [0.25, 0.3) is 0 Å². The van der Waals surface area contributed by atoms with E-state index in [1.807, 2.05) is 30.3 Å². The maximum absolute atomic E-state index is 13.3. The number of carbonyl (C=O) groups is 1. The van der Waals surface area contributed by atoms with Gasteiger partial charge in [-0.1, -0.05) is 48.9 Å². The number of aryl methyl sites for hydroxylation is 1. The molecule has 1 aliphatic heterocycles. The van der Waals surface area contributed by atoms with Crippen LogP contribution in [0.2, 0.25) is 0 Å². The van der Waals surface area contributed by atoms with E-state index in [4.69, 9.17) is 4.74 Å². The summed E-state index contributed by atoms with van der Waals surface area (Å²) in [5.41, 5.74) is 2.14. The van der Waals surface area contributed by atoms with Crippen LogP contribution >= 0.6 is 0 Å². The normalized spacial score (nSPS) is 15.3. The van der Waals surface area contributed by atoms with Gasteiger partial charge in [-0.05, 0) is 73.2 Å². The predicted octanol–water partition coefficient (Wildman–Crippen LogP) is 3.38. The van der Waals surface area contributed by atoms with Crippen molar-refractivity contribution < 1.29 is 26.4 Å². The number of amides is 1. The first kappa shape index (κ1) is 29.7. The topological polar surface area (TPSA) is 122 Å². The highest BCUT2D eigenvalue weighted by Crippen LogP contribution is 2.23. The average molecular weight is 586 g/mol. The van der Waals surface area contributed by atoms with Crippen molar-refractivity contribution in [3.05, 3.63) is 89.5 Å². The van der Waals surface area contributed by atoms with Crippen molar-refractivity contribution in [3.8, 4) is 5.75 Å². The Morgan fingerprint density at radius 1 is 0.875 bits per heavy atom. The van der Waals surface area contributed by atoms with E-state index in [-0.39, 0.29) is 22.8 Å². The molecule has 1 saturated heterocycles. The minimum atomic E-state index is -4.03. The number of hydrogen-bond acceptors (Lipinski definition) is 6. The van der Waals surface area contributed by atoms with Crippen LogP contribution in [0.5, 0.6) is 5.75 Å². The monoisotopic (exact) mass is 585 g/mol. The van der Waals surface area contributed by atoms with E-state index in [0.717, 1.165) is 24.8 Å². The van der Waals surface area contributed by atoms with Crippen molar-refractivity contribution in [2.75, 3.05) is 20.2 Å². The Labute approximate surface area is 236 Å². The van der Waals surface area contributed by atoms with Gasteiger partial charge in [-0.15, -0.1) is 0 Å². The zero-order chi connectivity index (χ0) is 28.8. The van der Waals surface area contributed by atoms with E-state index in [9.17, 15) is 21.6 Å². The lowest BCUT2D eigenvalue weighted by atomic mass is 10.1. The van der Waals surface area contributed by atoms with Crippen molar-refractivity contribution in [2.45, 2.75) is 55.0 Å². The van der Waals surface area contributed by atoms with Gasteiger partial charge in [0.1, 0.15) is 11.8 Å². The van der Waals surface area contributed by atoms with E-state index in [1.54, 1.807) is 37.3 Å². The molecule has 1 heterocycles. The van der Waals surface area contributed by atoms with Gasteiger partial charge in [0.15, 0.2) is 0 Å². The van der Waals surface area contributed by atoms with Crippen molar-refractivity contribution >= 4 is 26.0 Å². The third-order valence-corrected chi connectivity index (χ3v) is 10.3. The maximum atomic E-state index is 13.3. The first-order valence-corrected chi connectivity index (χ1v) is 16.1. The fourth-order valence-electron chi connectivity index (χ4n) is 4.66. The third-order valence-electron chi connectivity index (χ3n) is 6.92. The first-order chi connectivity index (χ1) is 19.1. The van der Waals surface area contributed by atoms with Crippen LogP contribution < -0.4 is 14.8 Å². The van der Waals surface area contributed by atoms with Gasteiger partial charge >= 0.3 is 0 Å². The molecular weight excluding hydrogens is 550 g/mol. The molecule has 0 bridgehead atoms. The van der Waals surface area contributed by atoms with Crippen LogP contribution in [0.4, 0.5) is 0 Å². The molecule has 1 unspecified atom stereocenters. The summed E-state index contributed by atoms with van der Waals surface area (Å²) in [6.45, 7) is 2.90. The predicted molar refractivity (Wildman–Crippen MR) is 153 cm³/mol. The molecule has 0 spiro atoms. The highest BCUT2D eigenvalue weighted by atomic mass is 32.2. The van der Waals surface area contributed by atoms with Gasteiger partial charge in [0.05, 0.1) is 16.9 Å². The molecule has 4 rings (SSSR count). The molecule has 1 fully saturated rings. The lowest BCUT2D eigenvalue weighted by molar-refractivity contribution is -0.122. The lowest BCUT2D eigenvalue weighted by Gasteiger charge is -2.25. The lowest BCUT2D eigenvalue weighted by Crippen LogP contribution is -2.47. The number of benzene rings is 3. The Morgan fingerprint density at radius 2 is 1.52 bits per heavy atom. The summed E-state index contributed by atoms with van der Waals surface area (Å²) in [5.74, 6) is 0.0648. The summed E-state index contributed by atoms with van der Waals surface area (Å²) in [7, 11) is -6.07. The number of rotatable bonds is 11. The summed E-state index contributed by atoms with van der Waals surface area (Å²) < 4.78 is 61.6. The highest BCUT2D eigenvalue weighted by molar-refractivity contribution is 7.89. The Kier molecular flexibility index (Phi) is 9.62. The number of sulfonamides is 2. The van der Waals surface area contributed by atoms with Gasteiger partial charge in [0, 0.05) is 19.6 Å². The molecule has 1 atom stereocenters. The van der Waals surface area contributed by atoms with E-state index >= 15 is 0 Å². The molecule has 214 valence electrons. The molecule has 1 amide bonds. The molecule has 9 nitrogen and oxygen atoms in total. The van der Waals surface area contributed by atoms with Crippen molar-refractivity contribution in [1.29, 1.82) is 0 Å². The van der Waals surface area contributed by atoms with Gasteiger partial charge < -0.3 is 10.1 Å². The van der Waals surface area contributed by atoms with Gasteiger partial charge in [-0.2, -0.15) is 9.03 Å². The maximum Gasteiger partial charge on any atom is 0.243 e. The number of methoxy groups -OCH3 is 1. The Bertz CT molecular complexity index is 1520. The highest BCUT2D eigenvalue weighted by Gasteiger charge is 2.28. The van der Waals surface area contributed by atoms with E-state index < -0.39 is 32.0 Å². The van der Waals surface area contributed by atoms with Crippen LogP contribution in [0, 0.1) is 6.92 Å². The second-order valence-corrected chi connectivity index (χ2v) is 13.5. The Balaban J connectivity index is 1.47. The molecule has 1 aliphatic rings. The van der Waals surface area contributed by atoms with Crippen LogP contribution in [0.3, 0.4) is 0 Å². The van der Waals surface area contributed by atoms with Crippen LogP contribution in [-0.2, 0) is 37.8 Å². The van der Waals surface area contributed by atoms with Gasteiger partial charge in [0.2, 0.25) is 26.0 Å². The molecule has 0 aliphatic carbocycles. The molecule has 11 heteroatoms. The largest absolute Gasteiger partial charge is 0.496 e. The molecule has 0 radical (unpaired) electrons. The Hall–Kier alpha value is -3.25. The van der Waals surface area contributed by atoms with Crippen LogP contribution in [-0.4, -0.2) is 53.3 Å². The Morgan fingerprint density at radius 3 is 2.15 bits per heavy atom. The first-order valence-electron chi connectivity index (χ1n) is 13.2. The number of hydrogen-bond donors (Lipinski definition) is 2. The summed E-state index contributed by atoms with van der Waals surface area (Å²) in [6, 6.07) is 19.0. The minimum absolute atomic E-state index is 0.0298. The van der Waals surface area contributed by atoms with Gasteiger partial charge in [0.25, 0.3) is 0 Å². The van der Waals surface area contributed by atoms with Crippen LogP contribution in [0.1, 0.15) is 36.0 Å². The number of piperidine rings is 1. The van der Waals surface area contributed by atoms with E-state index in [0.29, 0.717) is 30.0 Å². The average Bonchev–Trinajstić information content (AvgIpc) is 2.96. The molecule has 2 N–H and O–H groups in total. The molecule has 0 aromatic heterocycles. The second-order valence-electron chi connectivity index (χ2n) is 9.82. The molecule has 40 heavy (non-hydrogen) atoms. The number of ether oxygens (including phenoxy) is 1. The second kappa shape index (κ2) is 12.9. The fourth-order valence-corrected chi connectivity index (χ4v) is 7.45. The van der Waals surface area contributed by atoms with Gasteiger partial charge in [-0.3, -0.25) is 4.79 Å². The molecule has 0 saturated carbocycles. The number of nitrogens with one attached hydrogen (secondary N) is 2. The standard InChI is InChI=1S/C29H35N3O6S2/c1-22-19-26(15-16-28(22)38-2)39(34,35)31-27(20-23-9-5-3-6-10-23)29(33)30-21-24-11-13-25(14-12-24)40(36,37)32-17-7-4-8-18-32/h3,5-6,9-16,19,27,31H,4,7-8,17-18,20-21H2,1-2H3,(H,30,33). The van der Waals surface area contributed by atoms with Crippen molar-refractivity contribution in [1.82, 2.24) is 14.3 Å². The molecular formula is C29H35N3O6S2. The number of nitrogens with zero attached hydrogens (tertiary/aromatic N) is 1. The van der Waals surface area contributed by atoms with Gasteiger partial charge in [-0.25, -0.2) is 16.8 Å². The molecule has 3 aromatic carbocycles. The molecule has 3 aromatic rings.